The summed E-state index contributed by atoms with van der Waals surface area (Å²) in [6, 6.07) is 10.0. The summed E-state index contributed by atoms with van der Waals surface area (Å²) >= 11 is 5.89. The number of H-pyrrole nitrogens is 1. The van der Waals surface area contributed by atoms with Gasteiger partial charge in [0.05, 0.1) is 5.69 Å². The number of fused-ring (bicyclic) bond motifs is 1. The van der Waals surface area contributed by atoms with Crippen molar-refractivity contribution in [1.29, 1.82) is 0 Å². The smallest absolute Gasteiger partial charge is 0.223 e. The number of para-hydroxylation sites is 1. The first-order chi connectivity index (χ1) is 8.24. The average Bonchev–Trinajstić information content (AvgIpc) is 2.71. The fourth-order valence-corrected chi connectivity index (χ4v) is 2.18. The number of aromatic nitrogens is 3. The molecule has 0 bridgehead atoms. The van der Waals surface area contributed by atoms with Crippen LogP contribution in [0, 0.1) is 6.92 Å². The van der Waals surface area contributed by atoms with Gasteiger partial charge in [-0.2, -0.15) is 0 Å². The third-order valence-corrected chi connectivity index (χ3v) is 2.86. The van der Waals surface area contributed by atoms with Crippen molar-refractivity contribution in [3.63, 3.8) is 0 Å². The van der Waals surface area contributed by atoms with E-state index in [4.69, 9.17) is 11.6 Å². The minimum Gasteiger partial charge on any atom is -0.360 e. The van der Waals surface area contributed by atoms with E-state index in [1.807, 2.05) is 37.4 Å². The van der Waals surface area contributed by atoms with Gasteiger partial charge in [-0.15, -0.1) is 0 Å². The van der Waals surface area contributed by atoms with E-state index in [9.17, 15) is 0 Å². The minimum absolute atomic E-state index is 0.283. The predicted molar refractivity (Wildman–Crippen MR) is 69.1 cm³/mol. The van der Waals surface area contributed by atoms with E-state index in [1.54, 1.807) is 0 Å². The molecule has 0 amide bonds. The second-order valence-electron chi connectivity index (χ2n) is 3.91. The monoisotopic (exact) mass is 243 g/mol. The summed E-state index contributed by atoms with van der Waals surface area (Å²) in [7, 11) is 0. The molecule has 0 aliphatic heterocycles. The molecule has 0 radical (unpaired) electrons. The van der Waals surface area contributed by atoms with Gasteiger partial charge in [0.15, 0.2) is 0 Å². The molecule has 84 valence electrons. The van der Waals surface area contributed by atoms with E-state index in [1.165, 1.54) is 0 Å². The molecule has 0 saturated heterocycles. The lowest BCUT2D eigenvalue weighted by molar-refractivity contribution is 1.11. The number of hydrogen-bond acceptors (Lipinski definition) is 2. The lowest BCUT2D eigenvalue weighted by Crippen LogP contribution is -1.89. The molecule has 0 aliphatic carbocycles. The lowest BCUT2D eigenvalue weighted by atomic mass is 10.1. The van der Waals surface area contributed by atoms with Crippen molar-refractivity contribution in [2.24, 2.45) is 0 Å². The van der Waals surface area contributed by atoms with E-state index in [2.05, 4.69) is 21.0 Å². The van der Waals surface area contributed by atoms with Gasteiger partial charge in [-0.1, -0.05) is 18.2 Å². The summed E-state index contributed by atoms with van der Waals surface area (Å²) in [5.41, 5.74) is 3.85. The van der Waals surface area contributed by atoms with Gasteiger partial charge in [0.1, 0.15) is 0 Å². The Balaban J connectivity index is 2.27. The molecule has 0 atom stereocenters. The lowest BCUT2D eigenvalue weighted by Gasteiger charge is -2.01. The molecule has 3 rings (SSSR count). The molecule has 2 aromatic heterocycles. The Labute approximate surface area is 103 Å². The van der Waals surface area contributed by atoms with Crippen molar-refractivity contribution in [3.05, 3.63) is 47.5 Å². The van der Waals surface area contributed by atoms with Crippen molar-refractivity contribution < 1.29 is 0 Å². The summed E-state index contributed by atoms with van der Waals surface area (Å²) in [6.45, 7) is 1.91. The highest BCUT2D eigenvalue weighted by molar-refractivity contribution is 6.28. The van der Waals surface area contributed by atoms with Gasteiger partial charge in [0.2, 0.25) is 5.28 Å². The molecule has 4 heteroatoms. The molecule has 1 aromatic carbocycles. The van der Waals surface area contributed by atoms with Crippen molar-refractivity contribution in [1.82, 2.24) is 15.0 Å². The molecular weight excluding hydrogens is 234 g/mol. The van der Waals surface area contributed by atoms with Gasteiger partial charge in [0.25, 0.3) is 0 Å². The summed E-state index contributed by atoms with van der Waals surface area (Å²) in [4.78, 5) is 11.6. The average molecular weight is 244 g/mol. The molecule has 0 saturated carbocycles. The van der Waals surface area contributed by atoms with Gasteiger partial charge in [-0.25, -0.2) is 9.97 Å². The van der Waals surface area contributed by atoms with Crippen LogP contribution in [0.3, 0.4) is 0 Å². The van der Waals surface area contributed by atoms with Gasteiger partial charge < -0.3 is 4.98 Å². The van der Waals surface area contributed by atoms with Gasteiger partial charge >= 0.3 is 0 Å². The normalized spacial score (nSPS) is 10.9. The first kappa shape index (κ1) is 10.3. The molecule has 1 N–H and O–H groups in total. The quantitative estimate of drug-likeness (QED) is 0.664. The number of aromatic amines is 1. The molecule has 0 aliphatic rings. The Bertz CT molecular complexity index is 668. The fraction of sp³-hybridized carbons (Fsp3) is 0.0769. The summed E-state index contributed by atoms with van der Waals surface area (Å²) in [6.07, 6.45) is 1.95. The van der Waals surface area contributed by atoms with E-state index in [0.29, 0.717) is 0 Å². The summed E-state index contributed by atoms with van der Waals surface area (Å²) < 4.78 is 0. The summed E-state index contributed by atoms with van der Waals surface area (Å²) in [5.74, 6) is 0. The molecule has 3 nitrogen and oxygen atoms in total. The van der Waals surface area contributed by atoms with Crippen LogP contribution in [0.1, 0.15) is 5.69 Å². The Hall–Kier alpha value is -1.87. The Kier molecular flexibility index (Phi) is 2.34. The van der Waals surface area contributed by atoms with Crippen LogP contribution < -0.4 is 0 Å². The summed E-state index contributed by atoms with van der Waals surface area (Å²) in [5, 5.41) is 1.42. The first-order valence-electron chi connectivity index (χ1n) is 5.32. The van der Waals surface area contributed by atoms with Crippen LogP contribution in [-0.4, -0.2) is 15.0 Å². The first-order valence-corrected chi connectivity index (χ1v) is 5.69. The number of nitrogens with one attached hydrogen (secondary N) is 1. The third kappa shape index (κ3) is 1.78. The minimum atomic E-state index is 0.283. The highest BCUT2D eigenvalue weighted by Gasteiger charge is 2.08. The number of benzene rings is 1. The Morgan fingerprint density at radius 2 is 2.00 bits per heavy atom. The number of nitrogens with zero attached hydrogens (tertiary/aromatic N) is 2. The Morgan fingerprint density at radius 1 is 1.18 bits per heavy atom. The molecule has 0 fully saturated rings. The van der Waals surface area contributed by atoms with Crippen molar-refractivity contribution in [3.8, 4) is 11.3 Å². The van der Waals surface area contributed by atoms with Gasteiger partial charge in [-0.05, 0) is 30.7 Å². The fourth-order valence-electron chi connectivity index (χ4n) is 1.95. The van der Waals surface area contributed by atoms with E-state index in [-0.39, 0.29) is 5.28 Å². The zero-order chi connectivity index (χ0) is 11.8. The van der Waals surface area contributed by atoms with E-state index >= 15 is 0 Å². The maximum atomic E-state index is 5.89. The van der Waals surface area contributed by atoms with E-state index in [0.717, 1.165) is 27.9 Å². The number of halogens is 1. The van der Waals surface area contributed by atoms with Crippen LogP contribution in [0.5, 0.6) is 0 Å². The topological polar surface area (TPSA) is 41.6 Å². The predicted octanol–water partition coefficient (Wildman–Crippen LogP) is 3.59. The molecule has 17 heavy (non-hydrogen) atoms. The van der Waals surface area contributed by atoms with Crippen molar-refractivity contribution in [2.45, 2.75) is 6.92 Å². The zero-order valence-corrected chi connectivity index (χ0v) is 9.99. The van der Waals surface area contributed by atoms with E-state index < -0.39 is 0 Å². The van der Waals surface area contributed by atoms with Crippen LogP contribution in [0.2, 0.25) is 5.28 Å². The number of rotatable bonds is 1. The standard InChI is InChI=1S/C13H10ClN3/c1-8-6-12(17-13(14)16-8)10-7-15-11-5-3-2-4-9(10)11/h2-7,15H,1H3. The van der Waals surface area contributed by atoms with Gasteiger partial charge in [0, 0.05) is 28.4 Å². The van der Waals surface area contributed by atoms with Crippen LogP contribution in [0.25, 0.3) is 22.2 Å². The maximum absolute atomic E-state index is 5.89. The van der Waals surface area contributed by atoms with Gasteiger partial charge in [-0.3, -0.25) is 0 Å². The number of hydrogen-bond donors (Lipinski definition) is 1. The highest BCUT2D eigenvalue weighted by Crippen LogP contribution is 2.27. The highest BCUT2D eigenvalue weighted by atomic mass is 35.5. The van der Waals surface area contributed by atoms with Crippen molar-refractivity contribution in [2.75, 3.05) is 0 Å². The maximum Gasteiger partial charge on any atom is 0.223 e. The van der Waals surface area contributed by atoms with Crippen LogP contribution >= 0.6 is 11.6 Å². The molecule has 2 heterocycles. The second kappa shape index (κ2) is 3.86. The molecule has 0 spiro atoms. The van der Waals surface area contributed by atoms with Crippen LogP contribution in [-0.2, 0) is 0 Å². The van der Waals surface area contributed by atoms with Crippen LogP contribution in [0.15, 0.2) is 36.5 Å². The molecule has 0 unspecified atom stereocenters. The molecule has 3 aromatic rings. The Morgan fingerprint density at radius 3 is 2.82 bits per heavy atom. The second-order valence-corrected chi connectivity index (χ2v) is 4.25. The SMILES string of the molecule is Cc1cc(-c2c[nH]c3ccccc23)nc(Cl)n1. The third-order valence-electron chi connectivity index (χ3n) is 2.69. The number of aryl methyl sites for hydroxylation is 1. The van der Waals surface area contributed by atoms with Crippen LogP contribution in [0.4, 0.5) is 0 Å². The largest absolute Gasteiger partial charge is 0.360 e. The van der Waals surface area contributed by atoms with Crippen molar-refractivity contribution >= 4 is 22.5 Å². The zero-order valence-electron chi connectivity index (χ0n) is 9.24. The molecular formula is C13H10ClN3.